The van der Waals surface area contributed by atoms with E-state index in [1.165, 1.54) is 22.4 Å². The Hall–Kier alpha value is -1.56. The van der Waals surface area contributed by atoms with Gasteiger partial charge in [-0.1, -0.05) is 49.4 Å². The van der Waals surface area contributed by atoms with Crippen LogP contribution in [0.25, 0.3) is 0 Å². The molecule has 11 heteroatoms. The topological polar surface area (TPSA) is 82.0 Å². The highest BCUT2D eigenvalue weighted by Gasteiger charge is 2.37. The van der Waals surface area contributed by atoms with Crippen molar-refractivity contribution in [3.8, 4) is 0 Å². The van der Waals surface area contributed by atoms with E-state index in [0.29, 0.717) is 11.3 Å². The quantitative estimate of drug-likeness (QED) is 0.465. The fourth-order valence-electron chi connectivity index (χ4n) is 2.71. The van der Waals surface area contributed by atoms with E-state index < -0.39 is 15.6 Å². The number of nitrogens with one attached hydrogen (secondary N) is 1. The molecule has 170 valence electrons. The number of benzene rings is 1. The van der Waals surface area contributed by atoms with Gasteiger partial charge in [0.25, 0.3) is 0 Å². The average molecular weight is 469 g/mol. The van der Waals surface area contributed by atoms with Gasteiger partial charge in [-0.3, -0.25) is 9.69 Å². The first-order chi connectivity index (χ1) is 13.8. The maximum Gasteiger partial charge on any atom is 0.485 e. The SMILES string of the molecule is CCCc1ccc(CC[NH+]2C=CN(C)C2SCC(C)=O)cc1.O=S(=O)([O-])C(F)(F)F. The zero-order valence-corrected chi connectivity index (χ0v) is 18.7. The highest BCUT2D eigenvalue weighted by Crippen LogP contribution is 2.20. The lowest BCUT2D eigenvalue weighted by molar-refractivity contribution is -0.859. The number of Topliss-reactive ketones (excluding diaryl/α,β-unsaturated/α-hetero) is 1. The number of thioether (sulfide) groups is 1. The lowest BCUT2D eigenvalue weighted by Crippen LogP contribution is -3.11. The minimum atomic E-state index is -6.09. The zero-order chi connectivity index (χ0) is 22.9. The Bertz CT molecular complexity index is 812. The molecule has 2 atom stereocenters. The molecule has 0 fully saturated rings. The van der Waals surface area contributed by atoms with E-state index in [2.05, 4.69) is 55.5 Å². The van der Waals surface area contributed by atoms with Crippen LogP contribution in [0.2, 0.25) is 0 Å². The fraction of sp³-hybridized carbons (Fsp3) is 0.526. The van der Waals surface area contributed by atoms with E-state index in [4.69, 9.17) is 13.0 Å². The number of hydrogen-bond donors (Lipinski definition) is 1. The Balaban J connectivity index is 0.000000479. The molecule has 0 aromatic heterocycles. The molecule has 2 rings (SSSR count). The molecule has 0 saturated heterocycles. The van der Waals surface area contributed by atoms with Crippen molar-refractivity contribution in [2.45, 2.75) is 44.1 Å². The first kappa shape index (κ1) is 26.5. The van der Waals surface area contributed by atoms with Crippen molar-refractivity contribution < 1.29 is 35.8 Å². The van der Waals surface area contributed by atoms with Crippen molar-refractivity contribution in [1.29, 1.82) is 0 Å². The second-order valence-corrected chi connectivity index (χ2v) is 9.33. The zero-order valence-electron chi connectivity index (χ0n) is 17.1. The molecule has 1 aromatic rings. The van der Waals surface area contributed by atoms with Crippen molar-refractivity contribution in [3.63, 3.8) is 0 Å². The average Bonchev–Trinajstić information content (AvgIpc) is 2.98. The van der Waals surface area contributed by atoms with Crippen molar-refractivity contribution in [2.75, 3.05) is 19.3 Å². The van der Waals surface area contributed by atoms with Gasteiger partial charge in [0.05, 0.1) is 18.5 Å². The van der Waals surface area contributed by atoms with Crippen LogP contribution in [0.15, 0.2) is 36.7 Å². The van der Waals surface area contributed by atoms with Gasteiger partial charge in [-0.2, -0.15) is 13.2 Å². The van der Waals surface area contributed by atoms with Crippen molar-refractivity contribution >= 4 is 27.7 Å². The van der Waals surface area contributed by atoms with Gasteiger partial charge < -0.3 is 9.45 Å². The van der Waals surface area contributed by atoms with Gasteiger partial charge in [0, 0.05) is 13.5 Å². The number of nitrogens with zero attached hydrogens (tertiary/aromatic N) is 1. The lowest BCUT2D eigenvalue weighted by atomic mass is 10.1. The number of carbonyl (C=O) groups is 1. The summed E-state index contributed by atoms with van der Waals surface area (Å²) in [5, 5.41) is 0. The molecule has 1 heterocycles. The predicted octanol–water partition coefficient (Wildman–Crippen LogP) is 2.14. The molecule has 6 nitrogen and oxygen atoms in total. The number of halogens is 3. The van der Waals surface area contributed by atoms with Crippen LogP contribution < -0.4 is 4.90 Å². The van der Waals surface area contributed by atoms with E-state index in [9.17, 15) is 18.0 Å². The van der Waals surface area contributed by atoms with Crippen molar-refractivity contribution in [1.82, 2.24) is 4.90 Å². The van der Waals surface area contributed by atoms with Crippen LogP contribution in [0.5, 0.6) is 0 Å². The Morgan fingerprint density at radius 3 is 2.13 bits per heavy atom. The van der Waals surface area contributed by atoms with Crippen LogP contribution in [0.3, 0.4) is 0 Å². The Morgan fingerprint density at radius 2 is 1.70 bits per heavy atom. The Kier molecular flexibility index (Phi) is 10.4. The molecule has 0 bridgehead atoms. The van der Waals surface area contributed by atoms with Gasteiger partial charge in [0.15, 0.2) is 10.1 Å². The summed E-state index contributed by atoms with van der Waals surface area (Å²) in [5.74, 6) is 0.836. The van der Waals surface area contributed by atoms with Gasteiger partial charge in [-0.15, -0.1) is 0 Å². The summed E-state index contributed by atoms with van der Waals surface area (Å²) in [6.07, 6.45) is 7.76. The monoisotopic (exact) mass is 468 g/mol. The number of rotatable bonds is 8. The molecule has 0 saturated carbocycles. The standard InChI is InChI=1S/C18H26N2OS.CHF3O3S/c1-4-5-16-6-8-17(9-7-16)10-11-20-13-12-19(3)18(20)22-14-15(2)21;2-1(3,4)8(5,6)7/h6-9,12-13,18H,4-5,10-11,14H2,1-3H3;(H,5,6,7). The molecule has 0 spiro atoms. The molecule has 0 amide bonds. The Labute approximate surface area is 179 Å². The van der Waals surface area contributed by atoms with E-state index in [0.717, 1.165) is 19.4 Å². The second-order valence-electron chi connectivity index (χ2n) is 6.89. The van der Waals surface area contributed by atoms with E-state index in [1.54, 1.807) is 18.7 Å². The molecule has 30 heavy (non-hydrogen) atoms. The molecule has 0 radical (unpaired) electrons. The van der Waals surface area contributed by atoms with Crippen LogP contribution in [-0.4, -0.2) is 54.0 Å². The van der Waals surface area contributed by atoms with Gasteiger partial charge >= 0.3 is 5.51 Å². The summed E-state index contributed by atoms with van der Waals surface area (Å²) in [6, 6.07) is 9.02. The predicted molar refractivity (Wildman–Crippen MR) is 110 cm³/mol. The van der Waals surface area contributed by atoms with Crippen LogP contribution in [0, 0.1) is 0 Å². The number of hydrogen-bond acceptors (Lipinski definition) is 6. The summed E-state index contributed by atoms with van der Waals surface area (Å²) in [7, 11) is -4.01. The largest absolute Gasteiger partial charge is 0.741 e. The van der Waals surface area contributed by atoms with Gasteiger partial charge in [-0.25, -0.2) is 8.42 Å². The van der Waals surface area contributed by atoms with Gasteiger partial charge in [0.1, 0.15) is 12.0 Å². The van der Waals surface area contributed by atoms with Crippen LogP contribution in [0.4, 0.5) is 13.2 Å². The molecule has 2 unspecified atom stereocenters. The fourth-order valence-corrected chi connectivity index (χ4v) is 3.82. The number of quaternary nitrogens is 1. The summed E-state index contributed by atoms with van der Waals surface area (Å²) in [4.78, 5) is 14.8. The lowest BCUT2D eigenvalue weighted by Gasteiger charge is -2.24. The highest BCUT2D eigenvalue weighted by atomic mass is 32.2. The third kappa shape index (κ3) is 9.07. The maximum absolute atomic E-state index is 11.2. The summed E-state index contributed by atoms with van der Waals surface area (Å²) >= 11 is 1.73. The number of aryl methyl sites for hydroxylation is 1. The van der Waals surface area contributed by atoms with Crippen LogP contribution in [0.1, 0.15) is 31.4 Å². The third-order valence-electron chi connectivity index (χ3n) is 4.20. The Morgan fingerprint density at radius 1 is 1.20 bits per heavy atom. The minimum Gasteiger partial charge on any atom is -0.741 e. The van der Waals surface area contributed by atoms with Crippen LogP contribution in [-0.2, 0) is 27.8 Å². The third-order valence-corrected chi connectivity index (χ3v) is 6.29. The number of carbonyl (C=O) groups excluding carboxylic acids is 1. The van der Waals surface area contributed by atoms with Gasteiger partial charge in [-0.05, 0) is 24.5 Å². The van der Waals surface area contributed by atoms with E-state index >= 15 is 0 Å². The molecule has 1 aliphatic rings. The summed E-state index contributed by atoms with van der Waals surface area (Å²) in [5.41, 5.74) is -2.50. The van der Waals surface area contributed by atoms with Gasteiger partial charge in [0.2, 0.25) is 5.50 Å². The molecular weight excluding hydrogens is 441 g/mol. The summed E-state index contributed by atoms with van der Waals surface area (Å²) < 4.78 is 58.9. The number of alkyl halides is 3. The summed E-state index contributed by atoms with van der Waals surface area (Å²) in [6.45, 7) is 4.93. The maximum atomic E-state index is 11.2. The molecular formula is C19H27F3N2O4S2. The molecule has 1 aliphatic heterocycles. The van der Waals surface area contributed by atoms with Crippen molar-refractivity contribution in [2.24, 2.45) is 0 Å². The first-order valence-corrected chi connectivity index (χ1v) is 11.8. The molecule has 1 aromatic carbocycles. The first-order valence-electron chi connectivity index (χ1n) is 9.32. The smallest absolute Gasteiger partial charge is 0.485 e. The van der Waals surface area contributed by atoms with E-state index in [1.807, 2.05) is 0 Å². The van der Waals surface area contributed by atoms with Crippen molar-refractivity contribution in [3.05, 3.63) is 47.8 Å². The second kappa shape index (κ2) is 11.7. The minimum absolute atomic E-state index is 0.246. The highest BCUT2D eigenvalue weighted by molar-refractivity contribution is 8.00. The normalized spacial score (nSPS) is 18.8. The molecule has 1 N–H and O–H groups in total. The number of ketones is 1. The van der Waals surface area contributed by atoms with Crippen LogP contribution >= 0.6 is 11.8 Å². The molecule has 0 aliphatic carbocycles. The van der Waals surface area contributed by atoms with E-state index in [-0.39, 0.29) is 5.78 Å².